The fourth-order valence-corrected chi connectivity index (χ4v) is 1.27. The first-order chi connectivity index (χ1) is 6.79. The molecular weight excluding hydrogens is 178 g/mol. The number of carbonyl (C=O) groups excluding carboxylic acids is 1. The van der Waals surface area contributed by atoms with E-state index in [1.807, 2.05) is 32.1 Å². The van der Waals surface area contributed by atoms with Crippen LogP contribution >= 0.6 is 0 Å². The summed E-state index contributed by atoms with van der Waals surface area (Å²) < 4.78 is 0. The van der Waals surface area contributed by atoms with Crippen LogP contribution in [0.15, 0.2) is 29.0 Å². The van der Waals surface area contributed by atoms with Crippen LogP contribution in [0.5, 0.6) is 0 Å². The lowest BCUT2D eigenvalue weighted by Gasteiger charge is -2.08. The number of carbonyl (C=O) groups is 1. The average molecular weight is 195 g/mol. The Morgan fingerprint density at radius 3 is 2.57 bits per heavy atom. The summed E-state index contributed by atoms with van der Waals surface area (Å²) in [6.45, 7) is 3.78. The molecule has 3 nitrogen and oxygen atoms in total. The lowest BCUT2D eigenvalue weighted by Crippen LogP contribution is -2.06. The van der Waals surface area contributed by atoms with Crippen molar-refractivity contribution in [3.05, 3.63) is 28.7 Å². The molecule has 1 atom stereocenters. The fraction of sp³-hybridized carbons (Fsp3) is 0.545. The summed E-state index contributed by atoms with van der Waals surface area (Å²) >= 11 is 0. The van der Waals surface area contributed by atoms with Crippen LogP contribution in [0.3, 0.4) is 0 Å². The Bertz CT molecular complexity index is 231. The summed E-state index contributed by atoms with van der Waals surface area (Å²) in [6, 6.07) is -0.309. The number of unbranched alkanes of at least 4 members (excludes halogenated alkanes) is 1. The van der Waals surface area contributed by atoms with Gasteiger partial charge in [-0.3, -0.25) is 0 Å². The van der Waals surface area contributed by atoms with E-state index in [0.717, 1.165) is 18.3 Å². The molecule has 0 radical (unpaired) electrons. The average Bonchev–Trinajstić information content (AvgIpc) is 2.22. The Morgan fingerprint density at radius 2 is 2.14 bits per heavy atom. The normalized spacial score (nSPS) is 14.3. The van der Waals surface area contributed by atoms with Gasteiger partial charge in [-0.2, -0.15) is 4.91 Å². The zero-order chi connectivity index (χ0) is 10.8. The van der Waals surface area contributed by atoms with Crippen LogP contribution in [-0.4, -0.2) is 12.3 Å². The largest absolute Gasteiger partial charge is 0.303 e. The molecule has 0 aliphatic heterocycles. The molecular formula is C11H17NO2. The van der Waals surface area contributed by atoms with Crippen molar-refractivity contribution in [1.29, 1.82) is 0 Å². The Kier molecular flexibility index (Phi) is 7.61. The highest BCUT2D eigenvalue weighted by Gasteiger charge is 2.10. The molecule has 0 aromatic heterocycles. The number of hydrogen-bond acceptors (Lipinski definition) is 3. The Labute approximate surface area is 84.9 Å². The monoisotopic (exact) mass is 195 g/mol. The lowest BCUT2D eigenvalue weighted by atomic mass is 10.0. The van der Waals surface area contributed by atoms with Gasteiger partial charge in [0.1, 0.15) is 12.3 Å². The first-order valence-corrected chi connectivity index (χ1v) is 4.85. The molecule has 0 heterocycles. The number of nitroso groups, excluding NO2 is 1. The van der Waals surface area contributed by atoms with E-state index in [1.165, 1.54) is 0 Å². The summed E-state index contributed by atoms with van der Waals surface area (Å²) in [5, 5.41) is 3.06. The van der Waals surface area contributed by atoms with Crippen molar-refractivity contribution in [1.82, 2.24) is 0 Å². The molecule has 0 aliphatic carbocycles. The van der Waals surface area contributed by atoms with Crippen molar-refractivity contribution in [2.45, 2.75) is 39.2 Å². The van der Waals surface area contributed by atoms with Crippen LogP contribution in [0.1, 0.15) is 33.1 Å². The molecule has 0 saturated carbocycles. The summed E-state index contributed by atoms with van der Waals surface area (Å²) in [5.74, 6) is 0. The van der Waals surface area contributed by atoms with E-state index in [1.54, 1.807) is 0 Å². The molecule has 0 rings (SSSR count). The van der Waals surface area contributed by atoms with Crippen molar-refractivity contribution >= 4 is 6.29 Å². The van der Waals surface area contributed by atoms with Crippen molar-refractivity contribution in [3.63, 3.8) is 0 Å². The predicted molar refractivity (Wildman–Crippen MR) is 58.1 cm³/mol. The molecule has 0 saturated heterocycles. The van der Waals surface area contributed by atoms with E-state index in [9.17, 15) is 9.70 Å². The maximum absolute atomic E-state index is 10.6. The third-order valence-corrected chi connectivity index (χ3v) is 2.00. The van der Waals surface area contributed by atoms with Crippen molar-refractivity contribution in [2.75, 3.05) is 0 Å². The standard InChI is InChI=1S/C11H17NO2/c1-3-7-10(4-2)11(12-14)8-5-6-9-13/h3-4,7,9,11H,5-6,8H2,1-2H3/b7-3-,10-4+. The van der Waals surface area contributed by atoms with Crippen LogP contribution in [0.4, 0.5) is 0 Å². The van der Waals surface area contributed by atoms with E-state index in [4.69, 9.17) is 0 Å². The number of rotatable bonds is 7. The molecule has 0 bridgehead atoms. The number of allylic oxidation sites excluding steroid dienone is 2. The summed E-state index contributed by atoms with van der Waals surface area (Å²) in [7, 11) is 0. The van der Waals surface area contributed by atoms with Crippen LogP contribution in [0, 0.1) is 4.91 Å². The topological polar surface area (TPSA) is 46.5 Å². The highest BCUT2D eigenvalue weighted by atomic mass is 16.3. The molecule has 1 unspecified atom stereocenters. The SMILES string of the molecule is C/C=C\C(=C/C)C(CCCC=O)N=O. The van der Waals surface area contributed by atoms with Gasteiger partial charge < -0.3 is 4.79 Å². The summed E-state index contributed by atoms with van der Waals surface area (Å²) in [5.41, 5.74) is 0.924. The van der Waals surface area contributed by atoms with Gasteiger partial charge in [0.25, 0.3) is 0 Å². The van der Waals surface area contributed by atoms with Crippen LogP contribution in [-0.2, 0) is 4.79 Å². The van der Waals surface area contributed by atoms with E-state index in [-0.39, 0.29) is 6.04 Å². The third kappa shape index (κ3) is 4.70. The molecule has 0 aromatic carbocycles. The zero-order valence-electron chi connectivity index (χ0n) is 8.77. The Morgan fingerprint density at radius 1 is 1.43 bits per heavy atom. The molecule has 0 N–H and O–H groups in total. The fourth-order valence-electron chi connectivity index (χ4n) is 1.27. The molecule has 3 heteroatoms. The van der Waals surface area contributed by atoms with E-state index >= 15 is 0 Å². The number of aldehydes is 1. The van der Waals surface area contributed by atoms with Gasteiger partial charge in [-0.25, -0.2) is 0 Å². The second kappa shape index (κ2) is 8.35. The van der Waals surface area contributed by atoms with E-state index in [2.05, 4.69) is 5.18 Å². The van der Waals surface area contributed by atoms with E-state index < -0.39 is 0 Å². The highest BCUT2D eigenvalue weighted by molar-refractivity contribution is 5.49. The first kappa shape index (κ1) is 12.8. The maximum atomic E-state index is 10.6. The van der Waals surface area contributed by atoms with Crippen LogP contribution in [0.2, 0.25) is 0 Å². The van der Waals surface area contributed by atoms with Gasteiger partial charge in [0.2, 0.25) is 0 Å². The Hall–Kier alpha value is -1.25. The summed E-state index contributed by atoms with van der Waals surface area (Å²) in [4.78, 5) is 20.7. The molecule has 0 aromatic rings. The smallest absolute Gasteiger partial charge is 0.119 e. The van der Waals surface area contributed by atoms with Gasteiger partial charge in [-0.1, -0.05) is 23.4 Å². The Balaban J connectivity index is 4.22. The first-order valence-electron chi connectivity index (χ1n) is 4.85. The second-order valence-corrected chi connectivity index (χ2v) is 3.01. The minimum absolute atomic E-state index is 0.309. The van der Waals surface area contributed by atoms with Crippen LogP contribution < -0.4 is 0 Å². The molecule has 0 aliphatic rings. The molecule has 0 spiro atoms. The third-order valence-electron chi connectivity index (χ3n) is 2.00. The minimum Gasteiger partial charge on any atom is -0.303 e. The molecule has 0 amide bonds. The zero-order valence-corrected chi connectivity index (χ0v) is 8.77. The molecule has 0 fully saturated rings. The number of nitrogens with zero attached hydrogens (tertiary/aromatic N) is 1. The van der Waals surface area contributed by atoms with Gasteiger partial charge in [0.15, 0.2) is 0 Å². The quantitative estimate of drug-likeness (QED) is 0.271. The van der Waals surface area contributed by atoms with Crippen LogP contribution in [0.25, 0.3) is 0 Å². The van der Waals surface area contributed by atoms with Gasteiger partial charge in [-0.15, -0.1) is 0 Å². The van der Waals surface area contributed by atoms with Crippen molar-refractivity contribution < 1.29 is 4.79 Å². The van der Waals surface area contributed by atoms with Gasteiger partial charge in [-0.05, 0) is 32.3 Å². The van der Waals surface area contributed by atoms with Gasteiger partial charge in [0, 0.05) is 6.42 Å². The predicted octanol–water partition coefficient (Wildman–Crippen LogP) is 3.01. The molecule has 78 valence electrons. The van der Waals surface area contributed by atoms with Crippen molar-refractivity contribution in [3.8, 4) is 0 Å². The van der Waals surface area contributed by atoms with E-state index in [0.29, 0.717) is 12.8 Å². The van der Waals surface area contributed by atoms with Crippen molar-refractivity contribution in [2.24, 2.45) is 5.18 Å². The van der Waals surface area contributed by atoms with Gasteiger partial charge in [0.05, 0.1) is 0 Å². The minimum atomic E-state index is -0.309. The highest BCUT2D eigenvalue weighted by Crippen LogP contribution is 2.15. The maximum Gasteiger partial charge on any atom is 0.119 e. The molecule has 14 heavy (non-hydrogen) atoms. The second-order valence-electron chi connectivity index (χ2n) is 3.01. The summed E-state index contributed by atoms with van der Waals surface area (Å²) in [6.07, 6.45) is 8.37. The number of hydrogen-bond donors (Lipinski definition) is 0. The lowest BCUT2D eigenvalue weighted by molar-refractivity contribution is -0.107. The van der Waals surface area contributed by atoms with Gasteiger partial charge >= 0.3 is 0 Å².